The number of ether oxygens (including phenoxy) is 1. The van der Waals surface area contributed by atoms with Gasteiger partial charge in [0.25, 0.3) is 0 Å². The van der Waals surface area contributed by atoms with Crippen LogP contribution in [-0.2, 0) is 0 Å². The minimum Gasteiger partial charge on any atom is -0.487 e. The van der Waals surface area contributed by atoms with Gasteiger partial charge in [0.1, 0.15) is 11.4 Å². The molecule has 0 saturated heterocycles. The van der Waals surface area contributed by atoms with E-state index in [0.717, 1.165) is 23.1 Å². The van der Waals surface area contributed by atoms with Crippen LogP contribution in [0.2, 0.25) is 0 Å². The largest absolute Gasteiger partial charge is 0.487 e. The molecular formula is C17H26BrNO. The molecule has 0 saturated carbocycles. The molecule has 0 aliphatic carbocycles. The molecular weight excluding hydrogens is 314 g/mol. The zero-order valence-corrected chi connectivity index (χ0v) is 14.4. The monoisotopic (exact) mass is 339 g/mol. The maximum Gasteiger partial charge on any atom is 0.126 e. The normalized spacial score (nSPS) is 25.1. The lowest BCUT2D eigenvalue weighted by Gasteiger charge is -2.40. The van der Waals surface area contributed by atoms with Crippen molar-refractivity contribution in [1.29, 1.82) is 0 Å². The number of rotatable bonds is 6. The first-order valence-corrected chi connectivity index (χ1v) is 8.53. The SMILES string of the molecule is CCCCCCC1(C)CC(NC)c2ccc(Br)cc2O1. The molecule has 0 fully saturated rings. The predicted molar refractivity (Wildman–Crippen MR) is 88.4 cm³/mol. The second-order valence-electron chi connectivity index (χ2n) is 6.09. The summed E-state index contributed by atoms with van der Waals surface area (Å²) in [6.07, 6.45) is 7.36. The molecule has 1 aromatic carbocycles. The number of benzene rings is 1. The molecule has 3 heteroatoms. The predicted octanol–water partition coefficient (Wildman–Crippen LogP) is 5.22. The van der Waals surface area contributed by atoms with E-state index in [1.165, 1.54) is 31.2 Å². The van der Waals surface area contributed by atoms with Crippen LogP contribution in [0, 0.1) is 0 Å². The Hall–Kier alpha value is -0.540. The molecule has 2 atom stereocenters. The Labute approximate surface area is 131 Å². The molecule has 1 aliphatic heterocycles. The van der Waals surface area contributed by atoms with Crippen molar-refractivity contribution in [2.24, 2.45) is 0 Å². The fourth-order valence-corrected chi connectivity index (χ4v) is 3.41. The Kier molecular flexibility index (Phi) is 5.50. The van der Waals surface area contributed by atoms with E-state index in [4.69, 9.17) is 4.74 Å². The van der Waals surface area contributed by atoms with Gasteiger partial charge in [0.2, 0.25) is 0 Å². The van der Waals surface area contributed by atoms with Crippen molar-refractivity contribution in [2.45, 2.75) is 64.0 Å². The average Bonchev–Trinajstić information content (AvgIpc) is 2.42. The maximum absolute atomic E-state index is 6.34. The fourth-order valence-electron chi connectivity index (χ4n) is 3.07. The standard InChI is InChI=1S/C17H26BrNO/c1-4-5-6-7-10-17(2)12-15(19-3)14-9-8-13(18)11-16(14)20-17/h8-9,11,15,19H,4-7,10,12H2,1-3H3. The lowest BCUT2D eigenvalue weighted by atomic mass is 9.85. The van der Waals surface area contributed by atoms with Crippen molar-refractivity contribution in [1.82, 2.24) is 5.32 Å². The molecule has 0 bridgehead atoms. The Morgan fingerprint density at radius 2 is 2.15 bits per heavy atom. The quantitative estimate of drug-likeness (QED) is 0.717. The Bertz CT molecular complexity index is 449. The van der Waals surface area contributed by atoms with Crippen LogP contribution < -0.4 is 10.1 Å². The van der Waals surface area contributed by atoms with E-state index in [1.807, 2.05) is 7.05 Å². The molecule has 112 valence electrons. The van der Waals surface area contributed by atoms with Crippen LogP contribution in [0.15, 0.2) is 22.7 Å². The lowest BCUT2D eigenvalue weighted by molar-refractivity contribution is 0.0383. The van der Waals surface area contributed by atoms with Gasteiger partial charge >= 0.3 is 0 Å². The van der Waals surface area contributed by atoms with Gasteiger partial charge in [-0.1, -0.05) is 48.2 Å². The van der Waals surface area contributed by atoms with Gasteiger partial charge in [-0.3, -0.25) is 0 Å². The maximum atomic E-state index is 6.34. The van der Waals surface area contributed by atoms with Crippen molar-refractivity contribution in [3.63, 3.8) is 0 Å². The van der Waals surface area contributed by atoms with Crippen molar-refractivity contribution in [2.75, 3.05) is 7.05 Å². The molecule has 1 aromatic rings. The highest BCUT2D eigenvalue weighted by Gasteiger charge is 2.36. The summed E-state index contributed by atoms with van der Waals surface area (Å²) >= 11 is 3.54. The summed E-state index contributed by atoms with van der Waals surface area (Å²) in [6, 6.07) is 6.75. The first-order valence-electron chi connectivity index (χ1n) is 7.74. The summed E-state index contributed by atoms with van der Waals surface area (Å²) < 4.78 is 7.43. The molecule has 2 unspecified atom stereocenters. The third kappa shape index (κ3) is 3.76. The molecule has 1 heterocycles. The fraction of sp³-hybridized carbons (Fsp3) is 0.647. The zero-order chi connectivity index (χ0) is 14.6. The number of halogens is 1. The number of hydrogen-bond acceptors (Lipinski definition) is 2. The minimum absolute atomic E-state index is 0.0464. The summed E-state index contributed by atoms with van der Waals surface area (Å²) in [5.41, 5.74) is 1.23. The van der Waals surface area contributed by atoms with Crippen molar-refractivity contribution >= 4 is 15.9 Å². The summed E-state index contributed by atoms with van der Waals surface area (Å²) in [6.45, 7) is 4.51. The van der Waals surface area contributed by atoms with Gasteiger partial charge in [-0.2, -0.15) is 0 Å². The number of unbranched alkanes of at least 4 members (excludes halogenated alkanes) is 3. The highest BCUT2D eigenvalue weighted by atomic mass is 79.9. The van der Waals surface area contributed by atoms with E-state index in [2.05, 4.69) is 53.3 Å². The van der Waals surface area contributed by atoms with Gasteiger partial charge < -0.3 is 10.1 Å². The van der Waals surface area contributed by atoms with E-state index >= 15 is 0 Å². The van der Waals surface area contributed by atoms with Crippen molar-refractivity contribution < 1.29 is 4.74 Å². The van der Waals surface area contributed by atoms with Crippen molar-refractivity contribution in [3.8, 4) is 5.75 Å². The third-order valence-corrected chi connectivity index (χ3v) is 4.74. The molecule has 1 aliphatic rings. The molecule has 0 radical (unpaired) electrons. The van der Waals surface area contributed by atoms with Gasteiger partial charge in [-0.25, -0.2) is 0 Å². The Morgan fingerprint density at radius 1 is 1.35 bits per heavy atom. The van der Waals surface area contributed by atoms with Crippen LogP contribution in [0.1, 0.15) is 64.0 Å². The minimum atomic E-state index is -0.0464. The highest BCUT2D eigenvalue weighted by Crippen LogP contribution is 2.42. The van der Waals surface area contributed by atoms with E-state index in [1.54, 1.807) is 0 Å². The molecule has 0 spiro atoms. The van der Waals surface area contributed by atoms with E-state index < -0.39 is 0 Å². The molecule has 2 nitrogen and oxygen atoms in total. The first kappa shape index (κ1) is 15.8. The smallest absolute Gasteiger partial charge is 0.126 e. The van der Waals surface area contributed by atoms with Gasteiger partial charge in [0.05, 0.1) is 0 Å². The zero-order valence-electron chi connectivity index (χ0n) is 12.8. The first-order chi connectivity index (χ1) is 9.58. The van der Waals surface area contributed by atoms with Crippen LogP contribution in [0.25, 0.3) is 0 Å². The van der Waals surface area contributed by atoms with E-state index in [-0.39, 0.29) is 5.60 Å². The number of nitrogens with one attached hydrogen (secondary N) is 1. The summed E-state index contributed by atoms with van der Waals surface area (Å²) in [5, 5.41) is 3.44. The second kappa shape index (κ2) is 6.95. The van der Waals surface area contributed by atoms with E-state index in [9.17, 15) is 0 Å². The second-order valence-corrected chi connectivity index (χ2v) is 7.01. The molecule has 0 amide bonds. The Balaban J connectivity index is 2.10. The topological polar surface area (TPSA) is 21.3 Å². The van der Waals surface area contributed by atoms with Gasteiger partial charge in [-0.15, -0.1) is 0 Å². The summed E-state index contributed by atoms with van der Waals surface area (Å²) in [7, 11) is 2.04. The van der Waals surface area contributed by atoms with Gasteiger partial charge in [0, 0.05) is 22.5 Å². The molecule has 1 N–H and O–H groups in total. The number of fused-ring (bicyclic) bond motifs is 1. The average molecular weight is 340 g/mol. The molecule has 20 heavy (non-hydrogen) atoms. The highest BCUT2D eigenvalue weighted by molar-refractivity contribution is 9.10. The van der Waals surface area contributed by atoms with Crippen LogP contribution in [0.4, 0.5) is 0 Å². The summed E-state index contributed by atoms with van der Waals surface area (Å²) in [5.74, 6) is 1.03. The van der Waals surface area contributed by atoms with Crippen LogP contribution in [-0.4, -0.2) is 12.6 Å². The van der Waals surface area contributed by atoms with E-state index in [0.29, 0.717) is 6.04 Å². The summed E-state index contributed by atoms with van der Waals surface area (Å²) in [4.78, 5) is 0. The van der Waals surface area contributed by atoms with Crippen LogP contribution in [0.3, 0.4) is 0 Å². The Morgan fingerprint density at radius 3 is 2.85 bits per heavy atom. The molecule has 0 aromatic heterocycles. The lowest BCUT2D eigenvalue weighted by Crippen LogP contribution is -2.41. The van der Waals surface area contributed by atoms with Crippen molar-refractivity contribution in [3.05, 3.63) is 28.2 Å². The third-order valence-electron chi connectivity index (χ3n) is 4.25. The van der Waals surface area contributed by atoms with Gasteiger partial charge in [-0.05, 0) is 38.9 Å². The van der Waals surface area contributed by atoms with Crippen LogP contribution >= 0.6 is 15.9 Å². The number of hydrogen-bond donors (Lipinski definition) is 1. The van der Waals surface area contributed by atoms with Gasteiger partial charge in [0.15, 0.2) is 0 Å². The van der Waals surface area contributed by atoms with Crippen LogP contribution in [0.5, 0.6) is 5.75 Å². The molecule has 2 rings (SSSR count).